The molecule has 2 nitrogen and oxygen atoms in total. The van der Waals surface area contributed by atoms with Crippen LogP contribution in [0.15, 0.2) is 12.4 Å². The van der Waals surface area contributed by atoms with E-state index < -0.39 is 0 Å². The van der Waals surface area contributed by atoms with Crippen LogP contribution in [0.3, 0.4) is 0 Å². The second-order valence-corrected chi connectivity index (χ2v) is 2.12. The molecule has 1 aromatic rings. The predicted molar refractivity (Wildman–Crippen MR) is 24.0 cm³/mol. The molecule has 0 radical (unpaired) electrons. The number of rotatable bonds is 0. The SMILES string of the molecule is [Na][c]1ncc[nH]1. The van der Waals surface area contributed by atoms with Crippen molar-refractivity contribution in [1.29, 1.82) is 0 Å². The van der Waals surface area contributed by atoms with Gasteiger partial charge in [0, 0.05) is 0 Å². The number of H-pyrrole nitrogens is 1. The zero-order valence-electron chi connectivity index (χ0n) is 3.60. The fraction of sp³-hybridized carbons (Fsp3) is 0. The summed E-state index contributed by atoms with van der Waals surface area (Å²) in [5.74, 6) is 0. The Bertz CT molecular complexity index is 112. The minimum atomic E-state index is 1.03. The molecule has 0 bridgehead atoms. The molecule has 0 aliphatic rings. The molecule has 0 saturated heterocycles. The second kappa shape index (κ2) is 1.78. The summed E-state index contributed by atoms with van der Waals surface area (Å²) in [5, 5.41) is 0. The standard InChI is InChI=1S/C3H3N2.Na/c1-2-5-3-4-1;/h1-2H,(H,4,5);. The molecule has 0 spiro atoms. The molecule has 0 aliphatic heterocycles. The first-order chi connectivity index (χ1) is 2.89. The van der Waals surface area contributed by atoms with E-state index in [4.69, 9.17) is 0 Å². The summed E-state index contributed by atoms with van der Waals surface area (Å²) in [5.41, 5.74) is 0. The number of imidazole rings is 1. The molecule has 0 saturated carbocycles. The van der Waals surface area contributed by atoms with Gasteiger partial charge in [-0.3, -0.25) is 0 Å². The van der Waals surface area contributed by atoms with Gasteiger partial charge in [-0.25, -0.2) is 0 Å². The van der Waals surface area contributed by atoms with Crippen molar-refractivity contribution in [3.8, 4) is 0 Å². The average molecular weight is 90.1 g/mol. The van der Waals surface area contributed by atoms with Crippen LogP contribution in [0.4, 0.5) is 0 Å². The molecule has 0 aliphatic carbocycles. The van der Waals surface area contributed by atoms with Crippen molar-refractivity contribution in [3.63, 3.8) is 0 Å². The van der Waals surface area contributed by atoms with Crippen LogP contribution in [0.25, 0.3) is 0 Å². The third-order valence-electron chi connectivity index (χ3n) is 0.635. The van der Waals surface area contributed by atoms with Gasteiger partial charge in [-0.15, -0.1) is 0 Å². The molecular weight excluding hydrogens is 87.0 g/mol. The minimum absolute atomic E-state index is 1.03. The molecule has 0 aromatic carbocycles. The summed E-state index contributed by atoms with van der Waals surface area (Å²) in [7, 11) is 0. The summed E-state index contributed by atoms with van der Waals surface area (Å²) >= 11 is 1.03. The van der Waals surface area contributed by atoms with Crippen molar-refractivity contribution in [2.75, 3.05) is 0 Å². The molecule has 0 unspecified atom stereocenters. The Labute approximate surface area is 53.4 Å². The van der Waals surface area contributed by atoms with Gasteiger partial charge >= 0.3 is 53.4 Å². The molecule has 0 fully saturated rings. The van der Waals surface area contributed by atoms with E-state index in [0.29, 0.717) is 0 Å². The monoisotopic (exact) mass is 90.0 g/mol. The van der Waals surface area contributed by atoms with E-state index in [0.717, 1.165) is 31.0 Å². The van der Waals surface area contributed by atoms with Gasteiger partial charge in [0.15, 0.2) is 0 Å². The van der Waals surface area contributed by atoms with E-state index >= 15 is 0 Å². The predicted octanol–water partition coefficient (Wildman–Crippen LogP) is -0.797. The summed E-state index contributed by atoms with van der Waals surface area (Å²) in [6.45, 7) is 0. The van der Waals surface area contributed by atoms with Crippen molar-refractivity contribution >= 4 is 31.0 Å². The quantitative estimate of drug-likeness (QED) is 0.415. The molecule has 6 heavy (non-hydrogen) atoms. The molecule has 26 valence electrons. The van der Waals surface area contributed by atoms with Gasteiger partial charge in [-0.05, 0) is 0 Å². The van der Waals surface area contributed by atoms with Crippen LogP contribution in [0.5, 0.6) is 0 Å². The van der Waals surface area contributed by atoms with Gasteiger partial charge < -0.3 is 0 Å². The van der Waals surface area contributed by atoms with Crippen LogP contribution in [0.1, 0.15) is 0 Å². The number of aromatic nitrogens is 2. The summed E-state index contributed by atoms with van der Waals surface area (Å²) in [4.78, 5) is 6.87. The number of hydrogen-bond donors (Lipinski definition) is 1. The number of nitrogens with one attached hydrogen (secondary N) is 1. The van der Waals surface area contributed by atoms with Gasteiger partial charge in [0.1, 0.15) is 0 Å². The van der Waals surface area contributed by atoms with Gasteiger partial charge in [-0.2, -0.15) is 0 Å². The Morgan fingerprint density at radius 2 is 2.67 bits per heavy atom. The number of nitrogens with zero attached hydrogens (tertiary/aromatic N) is 1. The summed E-state index contributed by atoms with van der Waals surface area (Å²) < 4.78 is 1.11. The van der Waals surface area contributed by atoms with Crippen LogP contribution in [0.2, 0.25) is 0 Å². The average Bonchev–Trinajstić information content (AvgIpc) is 1.86. The Balaban J connectivity index is 3.05. The molecule has 1 rings (SSSR count). The Morgan fingerprint density at radius 1 is 1.83 bits per heavy atom. The van der Waals surface area contributed by atoms with Gasteiger partial charge in [-0.1, -0.05) is 0 Å². The Kier molecular flexibility index (Phi) is 1.29. The third kappa shape index (κ3) is 0.834. The Hall–Kier alpha value is 0.210. The molecule has 1 aromatic heterocycles. The van der Waals surface area contributed by atoms with E-state index in [2.05, 4.69) is 9.97 Å². The summed E-state index contributed by atoms with van der Waals surface area (Å²) in [6.07, 6.45) is 3.60. The van der Waals surface area contributed by atoms with Crippen LogP contribution in [-0.4, -0.2) is 37.9 Å². The topological polar surface area (TPSA) is 28.7 Å². The zero-order chi connectivity index (χ0) is 4.41. The molecule has 0 atom stereocenters. The molecule has 3 heteroatoms. The van der Waals surface area contributed by atoms with E-state index in [1.807, 2.05) is 6.20 Å². The molecule has 1 heterocycles. The number of hydrogen-bond acceptors (Lipinski definition) is 1. The van der Waals surface area contributed by atoms with E-state index in [9.17, 15) is 0 Å². The zero-order valence-corrected chi connectivity index (χ0v) is 5.60. The maximum atomic E-state index is 3.92. The van der Waals surface area contributed by atoms with Crippen LogP contribution in [0, 0.1) is 0 Å². The first-order valence-electron chi connectivity index (χ1n) is 1.85. The van der Waals surface area contributed by atoms with Gasteiger partial charge in [0.05, 0.1) is 0 Å². The van der Waals surface area contributed by atoms with Crippen molar-refractivity contribution < 1.29 is 0 Å². The van der Waals surface area contributed by atoms with E-state index in [-0.39, 0.29) is 0 Å². The second-order valence-electron chi connectivity index (χ2n) is 1.17. The van der Waals surface area contributed by atoms with Crippen molar-refractivity contribution in [2.24, 2.45) is 0 Å². The first kappa shape index (κ1) is 4.37. The number of aromatic amines is 1. The maximum absolute atomic E-state index is 3.92. The van der Waals surface area contributed by atoms with Gasteiger partial charge in [0.25, 0.3) is 0 Å². The normalized spacial score (nSPS) is 9.00. The van der Waals surface area contributed by atoms with Crippen molar-refractivity contribution in [2.45, 2.75) is 0 Å². The Morgan fingerprint density at radius 3 is 2.83 bits per heavy atom. The van der Waals surface area contributed by atoms with Crippen LogP contribution >= 0.6 is 0 Å². The van der Waals surface area contributed by atoms with Crippen molar-refractivity contribution in [3.05, 3.63) is 12.4 Å². The van der Waals surface area contributed by atoms with Crippen molar-refractivity contribution in [1.82, 2.24) is 9.97 Å². The van der Waals surface area contributed by atoms with E-state index in [1.54, 1.807) is 6.20 Å². The first-order valence-corrected chi connectivity index (χ1v) is 2.85. The van der Waals surface area contributed by atoms with Crippen LogP contribution in [-0.2, 0) is 0 Å². The molecule has 0 amide bonds. The fourth-order valence-electron chi connectivity index (χ4n) is 0.344. The summed E-state index contributed by atoms with van der Waals surface area (Å²) in [6, 6.07) is 0. The molecule has 1 N–H and O–H groups in total. The van der Waals surface area contributed by atoms with E-state index in [1.165, 1.54) is 0 Å². The van der Waals surface area contributed by atoms with Crippen LogP contribution < -0.4 is 3.07 Å². The van der Waals surface area contributed by atoms with Gasteiger partial charge in [0.2, 0.25) is 0 Å². The third-order valence-corrected chi connectivity index (χ3v) is 1.18. The molecular formula is C3H3N2Na. The fourth-order valence-corrected chi connectivity index (χ4v) is 0.660.